The van der Waals surface area contributed by atoms with E-state index in [1.807, 2.05) is 18.7 Å². The summed E-state index contributed by atoms with van der Waals surface area (Å²) in [5, 5.41) is 0. The van der Waals surface area contributed by atoms with Crippen LogP contribution in [0.4, 0.5) is 5.69 Å². The first-order valence-corrected chi connectivity index (χ1v) is 7.51. The highest BCUT2D eigenvalue weighted by molar-refractivity contribution is 9.10. The van der Waals surface area contributed by atoms with E-state index in [0.717, 1.165) is 17.6 Å². The van der Waals surface area contributed by atoms with Gasteiger partial charge in [-0.05, 0) is 40.5 Å². The summed E-state index contributed by atoms with van der Waals surface area (Å²) in [4.78, 5) is 2.44. The zero-order valence-electron chi connectivity index (χ0n) is 9.45. The quantitative estimate of drug-likeness (QED) is 0.910. The van der Waals surface area contributed by atoms with Crippen molar-refractivity contribution in [1.82, 2.24) is 0 Å². The summed E-state index contributed by atoms with van der Waals surface area (Å²) in [6.45, 7) is 4.29. The Balaban J connectivity index is 2.21. The Morgan fingerprint density at radius 1 is 1.38 bits per heavy atom. The normalized spacial score (nSPS) is 18.6. The second kappa shape index (κ2) is 5.43. The predicted molar refractivity (Wildman–Crippen MR) is 76.3 cm³/mol. The number of hydrogen-bond acceptors (Lipinski definition) is 3. The van der Waals surface area contributed by atoms with Crippen LogP contribution in [-0.4, -0.2) is 24.6 Å². The van der Waals surface area contributed by atoms with E-state index in [4.69, 9.17) is 5.73 Å². The topological polar surface area (TPSA) is 29.3 Å². The van der Waals surface area contributed by atoms with Crippen molar-refractivity contribution in [2.75, 3.05) is 29.5 Å². The Labute approximate surface area is 110 Å². The summed E-state index contributed by atoms with van der Waals surface area (Å²) in [6, 6.07) is 6.55. The molecule has 0 aromatic heterocycles. The average Bonchev–Trinajstić information content (AvgIpc) is 2.30. The Hall–Kier alpha value is -0.190. The molecule has 16 heavy (non-hydrogen) atoms. The fourth-order valence-corrected chi connectivity index (χ4v) is 3.42. The van der Waals surface area contributed by atoms with Gasteiger partial charge < -0.3 is 10.6 Å². The first kappa shape index (κ1) is 12.3. The van der Waals surface area contributed by atoms with E-state index in [0.29, 0.717) is 0 Å². The summed E-state index contributed by atoms with van der Waals surface area (Å²) < 4.78 is 1.16. The van der Waals surface area contributed by atoms with Gasteiger partial charge in [0.1, 0.15) is 0 Å². The van der Waals surface area contributed by atoms with Crippen molar-refractivity contribution < 1.29 is 0 Å². The zero-order chi connectivity index (χ0) is 11.5. The Morgan fingerprint density at radius 2 is 2.06 bits per heavy atom. The Bertz CT molecular complexity index is 362. The maximum absolute atomic E-state index is 5.87. The lowest BCUT2D eigenvalue weighted by atomic mass is 10.1. The number of benzene rings is 1. The van der Waals surface area contributed by atoms with Crippen molar-refractivity contribution in [1.29, 1.82) is 0 Å². The van der Waals surface area contributed by atoms with E-state index in [2.05, 4.69) is 39.0 Å². The van der Waals surface area contributed by atoms with Gasteiger partial charge in [-0.1, -0.05) is 6.07 Å². The number of nitrogens with two attached hydrogens (primary N) is 1. The zero-order valence-corrected chi connectivity index (χ0v) is 11.9. The molecule has 1 aromatic carbocycles. The fraction of sp³-hybridized carbons (Fsp3) is 0.500. The van der Waals surface area contributed by atoms with E-state index < -0.39 is 0 Å². The van der Waals surface area contributed by atoms with Crippen LogP contribution in [0.15, 0.2) is 22.7 Å². The Kier molecular flexibility index (Phi) is 4.16. The molecule has 1 aliphatic heterocycles. The molecule has 2 rings (SSSR count). The van der Waals surface area contributed by atoms with Gasteiger partial charge in [0.05, 0.1) is 5.69 Å². The van der Waals surface area contributed by atoms with Crippen LogP contribution >= 0.6 is 27.7 Å². The molecule has 4 heteroatoms. The standard InChI is InChI=1S/C12H17BrN2S/c1-9(14)10-2-3-12(11(13)8-10)15-4-6-16-7-5-15/h2-3,8-9H,4-7,14H2,1H3/t9-/m1/s1. The molecule has 2 N–H and O–H groups in total. The van der Waals surface area contributed by atoms with Crippen LogP contribution in [0.5, 0.6) is 0 Å². The monoisotopic (exact) mass is 300 g/mol. The fourth-order valence-electron chi connectivity index (χ4n) is 1.87. The van der Waals surface area contributed by atoms with Gasteiger partial charge in [0, 0.05) is 35.1 Å². The number of thioether (sulfide) groups is 1. The van der Waals surface area contributed by atoms with E-state index >= 15 is 0 Å². The van der Waals surface area contributed by atoms with Crippen molar-refractivity contribution in [3.63, 3.8) is 0 Å². The van der Waals surface area contributed by atoms with E-state index in [-0.39, 0.29) is 6.04 Å². The summed E-state index contributed by atoms with van der Waals surface area (Å²) >= 11 is 5.68. The van der Waals surface area contributed by atoms with Gasteiger partial charge in [-0.3, -0.25) is 0 Å². The Morgan fingerprint density at radius 3 is 2.62 bits per heavy atom. The molecule has 0 amide bonds. The molecule has 0 aliphatic carbocycles. The second-order valence-corrected chi connectivity index (χ2v) is 6.18. The lowest BCUT2D eigenvalue weighted by molar-refractivity contribution is 0.813. The van der Waals surface area contributed by atoms with Gasteiger partial charge in [0.15, 0.2) is 0 Å². The highest BCUT2D eigenvalue weighted by Gasteiger charge is 2.14. The molecule has 0 spiro atoms. The first-order chi connectivity index (χ1) is 7.68. The van der Waals surface area contributed by atoms with Crippen LogP contribution in [0, 0.1) is 0 Å². The number of halogens is 1. The second-order valence-electron chi connectivity index (χ2n) is 4.10. The minimum Gasteiger partial charge on any atom is -0.369 e. The molecule has 0 unspecified atom stereocenters. The summed E-state index contributed by atoms with van der Waals surface area (Å²) in [5.74, 6) is 2.45. The maximum Gasteiger partial charge on any atom is 0.0511 e. The van der Waals surface area contributed by atoms with Crippen molar-refractivity contribution in [3.05, 3.63) is 28.2 Å². The molecule has 2 nitrogen and oxygen atoms in total. The maximum atomic E-state index is 5.87. The molecule has 1 atom stereocenters. The third-order valence-electron chi connectivity index (χ3n) is 2.85. The third kappa shape index (κ3) is 2.73. The largest absolute Gasteiger partial charge is 0.369 e. The first-order valence-electron chi connectivity index (χ1n) is 5.56. The van der Waals surface area contributed by atoms with Crippen LogP contribution in [0.25, 0.3) is 0 Å². The van der Waals surface area contributed by atoms with Gasteiger partial charge in [-0.2, -0.15) is 11.8 Å². The van der Waals surface area contributed by atoms with E-state index in [1.54, 1.807) is 0 Å². The van der Waals surface area contributed by atoms with Crippen molar-refractivity contribution in [3.8, 4) is 0 Å². The average molecular weight is 301 g/mol. The van der Waals surface area contributed by atoms with E-state index in [1.165, 1.54) is 22.8 Å². The highest BCUT2D eigenvalue weighted by Crippen LogP contribution is 2.30. The summed E-state index contributed by atoms with van der Waals surface area (Å²) in [6.07, 6.45) is 0. The van der Waals surface area contributed by atoms with Crippen LogP contribution in [0.2, 0.25) is 0 Å². The molecular weight excluding hydrogens is 284 g/mol. The molecule has 1 aromatic rings. The minimum absolute atomic E-state index is 0.0993. The van der Waals surface area contributed by atoms with E-state index in [9.17, 15) is 0 Å². The molecule has 1 heterocycles. The van der Waals surface area contributed by atoms with Crippen molar-refractivity contribution in [2.45, 2.75) is 13.0 Å². The summed E-state index contributed by atoms with van der Waals surface area (Å²) in [7, 11) is 0. The number of anilines is 1. The van der Waals surface area contributed by atoms with Gasteiger partial charge in [0.25, 0.3) is 0 Å². The number of nitrogens with zero attached hydrogens (tertiary/aromatic N) is 1. The SMILES string of the molecule is C[C@@H](N)c1ccc(N2CCSCC2)c(Br)c1. The third-order valence-corrected chi connectivity index (χ3v) is 4.43. The minimum atomic E-state index is 0.0993. The number of rotatable bonds is 2. The van der Waals surface area contributed by atoms with Gasteiger partial charge in [-0.15, -0.1) is 0 Å². The van der Waals surface area contributed by atoms with Gasteiger partial charge >= 0.3 is 0 Å². The summed E-state index contributed by atoms with van der Waals surface area (Å²) in [5.41, 5.74) is 8.35. The van der Waals surface area contributed by atoms with Crippen molar-refractivity contribution >= 4 is 33.4 Å². The molecule has 0 radical (unpaired) electrons. The van der Waals surface area contributed by atoms with Crippen LogP contribution in [0.3, 0.4) is 0 Å². The van der Waals surface area contributed by atoms with Gasteiger partial charge in [-0.25, -0.2) is 0 Å². The van der Waals surface area contributed by atoms with Crippen LogP contribution < -0.4 is 10.6 Å². The number of hydrogen-bond donors (Lipinski definition) is 1. The van der Waals surface area contributed by atoms with Crippen LogP contribution in [0.1, 0.15) is 18.5 Å². The molecule has 1 saturated heterocycles. The van der Waals surface area contributed by atoms with Gasteiger partial charge in [0.2, 0.25) is 0 Å². The molecule has 1 aliphatic rings. The lowest BCUT2D eigenvalue weighted by Gasteiger charge is -2.29. The lowest BCUT2D eigenvalue weighted by Crippen LogP contribution is -2.32. The predicted octanol–water partition coefficient (Wildman–Crippen LogP) is 3.02. The van der Waals surface area contributed by atoms with Crippen LogP contribution in [-0.2, 0) is 0 Å². The van der Waals surface area contributed by atoms with Crippen molar-refractivity contribution in [2.24, 2.45) is 5.73 Å². The molecule has 1 fully saturated rings. The highest BCUT2D eigenvalue weighted by atomic mass is 79.9. The molecular formula is C12H17BrN2S. The smallest absolute Gasteiger partial charge is 0.0511 e. The molecule has 0 saturated carbocycles. The molecule has 88 valence electrons. The molecule has 0 bridgehead atoms.